The van der Waals surface area contributed by atoms with Gasteiger partial charge in [-0.1, -0.05) is 29.4 Å². The Kier molecular flexibility index (Phi) is 2.37. The monoisotopic (exact) mass is 201 g/mol. The largest absolute Gasteiger partial charge is 0.367 e. The summed E-state index contributed by atoms with van der Waals surface area (Å²) in [5.41, 5.74) is 3.30. The molecule has 1 aromatic carbocycles. The summed E-state index contributed by atoms with van der Waals surface area (Å²) in [6, 6.07) is 7.86. The molecule has 76 valence electrons. The van der Waals surface area contributed by atoms with Crippen LogP contribution in [0.5, 0.6) is 0 Å². The number of hydrogen-bond acceptors (Lipinski definition) is 3. The van der Waals surface area contributed by atoms with E-state index in [1.165, 1.54) is 0 Å². The molecule has 0 N–H and O–H groups in total. The van der Waals surface area contributed by atoms with Crippen molar-refractivity contribution in [2.45, 2.75) is 13.8 Å². The van der Waals surface area contributed by atoms with Crippen LogP contribution in [0.3, 0.4) is 0 Å². The summed E-state index contributed by atoms with van der Waals surface area (Å²) >= 11 is 0. The lowest BCUT2D eigenvalue weighted by atomic mass is 10.0. The third-order valence-electron chi connectivity index (χ3n) is 2.36. The third kappa shape index (κ3) is 1.81. The Bertz CT molecular complexity index is 472. The van der Waals surface area contributed by atoms with Crippen LogP contribution in [0, 0.1) is 6.92 Å². The molecule has 2 rings (SSSR count). The van der Waals surface area contributed by atoms with Gasteiger partial charge in [0.1, 0.15) is 0 Å². The van der Waals surface area contributed by atoms with Crippen molar-refractivity contribution in [1.29, 1.82) is 0 Å². The normalized spacial score (nSPS) is 17.9. The van der Waals surface area contributed by atoms with Gasteiger partial charge in [0.05, 0.1) is 11.3 Å². The summed E-state index contributed by atoms with van der Waals surface area (Å²) in [6.45, 7) is 3.76. The molecule has 0 aliphatic carbocycles. The molecule has 1 aromatic rings. The van der Waals surface area contributed by atoms with Gasteiger partial charge in [0, 0.05) is 0 Å². The Balaban J connectivity index is 2.43. The first-order chi connectivity index (χ1) is 7.18. The first kappa shape index (κ1) is 9.65. The molecule has 0 saturated carbocycles. The van der Waals surface area contributed by atoms with E-state index in [0.29, 0.717) is 11.3 Å². The summed E-state index contributed by atoms with van der Waals surface area (Å²) < 4.78 is 0. The molecule has 0 aromatic heterocycles. The van der Waals surface area contributed by atoms with Crippen LogP contribution in [0.25, 0.3) is 6.08 Å². The smallest absolute Gasteiger partial charge is 0.312 e. The van der Waals surface area contributed by atoms with Gasteiger partial charge in [-0.2, -0.15) is 0 Å². The highest BCUT2D eigenvalue weighted by Gasteiger charge is 2.21. The van der Waals surface area contributed by atoms with Crippen LogP contribution in [-0.4, -0.2) is 11.7 Å². The van der Waals surface area contributed by atoms with E-state index in [2.05, 4.69) is 9.99 Å². The highest BCUT2D eigenvalue weighted by molar-refractivity contribution is 6.24. The van der Waals surface area contributed by atoms with Gasteiger partial charge in [0.2, 0.25) is 0 Å². The van der Waals surface area contributed by atoms with Crippen molar-refractivity contribution < 1.29 is 9.63 Å². The zero-order chi connectivity index (χ0) is 10.8. The van der Waals surface area contributed by atoms with Crippen molar-refractivity contribution in [3.05, 3.63) is 41.0 Å². The Morgan fingerprint density at radius 1 is 1.27 bits per heavy atom. The maximum absolute atomic E-state index is 11.3. The standard InChI is InChI=1S/C12H11NO2/c1-8-5-3-4-6-10(8)7-11-9(2)13-15-12(11)14/h3-7H,1-2H3/b11-7+. The zero-order valence-electron chi connectivity index (χ0n) is 8.65. The molecule has 0 amide bonds. The second kappa shape index (κ2) is 3.69. The molecule has 0 saturated heterocycles. The minimum atomic E-state index is -0.379. The average molecular weight is 201 g/mol. The Morgan fingerprint density at radius 2 is 2.00 bits per heavy atom. The fourth-order valence-corrected chi connectivity index (χ4v) is 1.42. The Hall–Kier alpha value is -1.90. The molecule has 15 heavy (non-hydrogen) atoms. The summed E-state index contributed by atoms with van der Waals surface area (Å²) in [6.07, 6.45) is 1.81. The molecule has 1 aliphatic heterocycles. The lowest BCUT2D eigenvalue weighted by Gasteiger charge is -1.99. The van der Waals surface area contributed by atoms with Gasteiger partial charge in [-0.3, -0.25) is 0 Å². The number of oxime groups is 1. The van der Waals surface area contributed by atoms with Crippen molar-refractivity contribution in [2.24, 2.45) is 5.16 Å². The first-order valence-corrected chi connectivity index (χ1v) is 4.72. The molecule has 0 radical (unpaired) electrons. The first-order valence-electron chi connectivity index (χ1n) is 4.72. The van der Waals surface area contributed by atoms with Gasteiger partial charge >= 0.3 is 5.97 Å². The van der Waals surface area contributed by atoms with Crippen molar-refractivity contribution in [2.75, 3.05) is 0 Å². The zero-order valence-corrected chi connectivity index (χ0v) is 8.65. The van der Waals surface area contributed by atoms with Crippen molar-refractivity contribution in [1.82, 2.24) is 0 Å². The minimum absolute atomic E-state index is 0.379. The van der Waals surface area contributed by atoms with Crippen LogP contribution in [0.1, 0.15) is 18.1 Å². The lowest BCUT2D eigenvalue weighted by Crippen LogP contribution is -2.01. The van der Waals surface area contributed by atoms with Crippen LogP contribution in [0.2, 0.25) is 0 Å². The van der Waals surface area contributed by atoms with E-state index in [1.807, 2.05) is 37.3 Å². The molecule has 0 atom stereocenters. The second-order valence-electron chi connectivity index (χ2n) is 3.47. The highest BCUT2D eigenvalue weighted by Crippen LogP contribution is 2.17. The van der Waals surface area contributed by atoms with Crippen LogP contribution < -0.4 is 0 Å². The van der Waals surface area contributed by atoms with Crippen molar-refractivity contribution >= 4 is 17.8 Å². The summed E-state index contributed by atoms with van der Waals surface area (Å²) in [5, 5.41) is 3.62. The number of carbonyl (C=O) groups is 1. The predicted molar refractivity (Wildman–Crippen MR) is 58.4 cm³/mol. The maximum Gasteiger partial charge on any atom is 0.367 e. The number of nitrogens with zero attached hydrogens (tertiary/aromatic N) is 1. The van der Waals surface area contributed by atoms with E-state index in [0.717, 1.165) is 11.1 Å². The number of benzene rings is 1. The number of carbonyl (C=O) groups excluding carboxylic acids is 1. The van der Waals surface area contributed by atoms with E-state index in [9.17, 15) is 4.79 Å². The van der Waals surface area contributed by atoms with Crippen LogP contribution >= 0.6 is 0 Å². The number of aryl methyl sites for hydroxylation is 1. The molecule has 3 heteroatoms. The predicted octanol–water partition coefficient (Wildman–Crippen LogP) is 2.31. The summed E-state index contributed by atoms with van der Waals surface area (Å²) in [5.74, 6) is -0.379. The number of hydrogen-bond donors (Lipinski definition) is 0. The topological polar surface area (TPSA) is 38.7 Å². The van der Waals surface area contributed by atoms with E-state index in [1.54, 1.807) is 6.92 Å². The second-order valence-corrected chi connectivity index (χ2v) is 3.47. The van der Waals surface area contributed by atoms with Crippen LogP contribution in [-0.2, 0) is 9.63 Å². The van der Waals surface area contributed by atoms with Gasteiger partial charge in [-0.05, 0) is 31.1 Å². The van der Waals surface area contributed by atoms with E-state index in [4.69, 9.17) is 0 Å². The molecule has 0 fully saturated rings. The minimum Gasteiger partial charge on any atom is -0.312 e. The molecule has 0 bridgehead atoms. The highest BCUT2D eigenvalue weighted by atomic mass is 16.7. The van der Waals surface area contributed by atoms with Gasteiger partial charge < -0.3 is 4.84 Å². The van der Waals surface area contributed by atoms with Gasteiger partial charge in [0.15, 0.2) is 0 Å². The molecule has 0 unspecified atom stereocenters. The molecule has 1 aliphatic rings. The van der Waals surface area contributed by atoms with Crippen molar-refractivity contribution in [3.63, 3.8) is 0 Å². The average Bonchev–Trinajstić information content (AvgIpc) is 2.53. The Morgan fingerprint density at radius 3 is 2.60 bits per heavy atom. The van der Waals surface area contributed by atoms with Crippen LogP contribution in [0.4, 0.5) is 0 Å². The summed E-state index contributed by atoms with van der Waals surface area (Å²) in [7, 11) is 0. The van der Waals surface area contributed by atoms with Gasteiger partial charge in [-0.15, -0.1) is 0 Å². The molecular formula is C12H11NO2. The maximum atomic E-state index is 11.3. The van der Waals surface area contributed by atoms with Gasteiger partial charge in [0.25, 0.3) is 0 Å². The molecule has 1 heterocycles. The lowest BCUT2D eigenvalue weighted by molar-refractivity contribution is -0.136. The summed E-state index contributed by atoms with van der Waals surface area (Å²) in [4.78, 5) is 15.9. The van der Waals surface area contributed by atoms with Crippen LogP contribution in [0.15, 0.2) is 35.0 Å². The molecular weight excluding hydrogens is 190 g/mol. The fraction of sp³-hybridized carbons (Fsp3) is 0.167. The number of rotatable bonds is 1. The van der Waals surface area contributed by atoms with E-state index >= 15 is 0 Å². The SMILES string of the molecule is CC1=NOC(=O)/C1=C/c1ccccc1C. The van der Waals surface area contributed by atoms with Gasteiger partial charge in [-0.25, -0.2) is 4.79 Å². The van der Waals surface area contributed by atoms with Crippen molar-refractivity contribution in [3.8, 4) is 0 Å². The van der Waals surface area contributed by atoms with E-state index in [-0.39, 0.29) is 5.97 Å². The molecule has 0 spiro atoms. The Labute approximate surface area is 88.1 Å². The fourth-order valence-electron chi connectivity index (χ4n) is 1.42. The quantitative estimate of drug-likeness (QED) is 0.516. The third-order valence-corrected chi connectivity index (χ3v) is 2.36. The molecule has 3 nitrogen and oxygen atoms in total. The van der Waals surface area contributed by atoms with E-state index < -0.39 is 0 Å².